The lowest BCUT2D eigenvalue weighted by Gasteiger charge is -2.30. The summed E-state index contributed by atoms with van der Waals surface area (Å²) in [7, 11) is 1.65. The van der Waals surface area contributed by atoms with Crippen LogP contribution in [0.5, 0.6) is 0 Å². The molecule has 0 aliphatic heterocycles. The zero-order valence-corrected chi connectivity index (χ0v) is 9.41. The minimum atomic E-state index is -0.227. The summed E-state index contributed by atoms with van der Waals surface area (Å²) in [5.74, 6) is 4.91. The molecule has 0 saturated heterocycles. The first-order valence-electron chi connectivity index (χ1n) is 4.79. The number of nitrogens with two attached hydrogens (primary N) is 1. The molecule has 0 radical (unpaired) electrons. The standard InChI is InChI=1S/C9H21N3O2/c1-7(2)12(5-6-14-4)8(3)9(13)11-10/h7-8H,5-6,10H2,1-4H3,(H,11,13). The summed E-state index contributed by atoms with van der Waals surface area (Å²) >= 11 is 0. The van der Waals surface area contributed by atoms with Crippen molar-refractivity contribution in [2.45, 2.75) is 32.9 Å². The van der Waals surface area contributed by atoms with Crippen molar-refractivity contribution in [3.63, 3.8) is 0 Å². The molecule has 0 aliphatic rings. The molecule has 14 heavy (non-hydrogen) atoms. The molecule has 0 aliphatic carbocycles. The normalized spacial score (nSPS) is 13.4. The number of rotatable bonds is 6. The average Bonchev–Trinajstić information content (AvgIpc) is 2.16. The highest BCUT2D eigenvalue weighted by molar-refractivity contribution is 5.80. The van der Waals surface area contributed by atoms with Gasteiger partial charge in [0.2, 0.25) is 0 Å². The quantitative estimate of drug-likeness (QED) is 0.354. The lowest BCUT2D eigenvalue weighted by Crippen LogP contribution is -2.50. The van der Waals surface area contributed by atoms with Gasteiger partial charge in [-0.3, -0.25) is 15.1 Å². The van der Waals surface area contributed by atoms with Crippen LogP contribution in [-0.2, 0) is 9.53 Å². The molecule has 0 bridgehead atoms. The van der Waals surface area contributed by atoms with Gasteiger partial charge >= 0.3 is 0 Å². The Kier molecular flexibility index (Phi) is 6.44. The van der Waals surface area contributed by atoms with Gasteiger partial charge in [0.1, 0.15) is 0 Å². The van der Waals surface area contributed by atoms with Gasteiger partial charge in [-0.25, -0.2) is 5.84 Å². The molecule has 1 amide bonds. The minimum Gasteiger partial charge on any atom is -0.383 e. The first kappa shape index (κ1) is 13.4. The van der Waals surface area contributed by atoms with Crippen LogP contribution in [0.1, 0.15) is 20.8 Å². The van der Waals surface area contributed by atoms with Crippen molar-refractivity contribution < 1.29 is 9.53 Å². The van der Waals surface area contributed by atoms with E-state index in [0.717, 1.165) is 6.54 Å². The summed E-state index contributed by atoms with van der Waals surface area (Å²) in [5.41, 5.74) is 2.16. The summed E-state index contributed by atoms with van der Waals surface area (Å²) in [4.78, 5) is 13.3. The van der Waals surface area contributed by atoms with E-state index >= 15 is 0 Å². The maximum absolute atomic E-state index is 11.3. The monoisotopic (exact) mass is 203 g/mol. The van der Waals surface area contributed by atoms with E-state index in [1.165, 1.54) is 0 Å². The van der Waals surface area contributed by atoms with Crippen molar-refractivity contribution in [1.29, 1.82) is 0 Å². The van der Waals surface area contributed by atoms with Gasteiger partial charge < -0.3 is 4.74 Å². The molecule has 3 N–H and O–H groups in total. The van der Waals surface area contributed by atoms with Crippen molar-refractivity contribution in [2.75, 3.05) is 20.3 Å². The number of carbonyl (C=O) groups is 1. The number of carbonyl (C=O) groups excluding carboxylic acids is 1. The third-order valence-corrected chi connectivity index (χ3v) is 2.24. The molecule has 84 valence electrons. The molecule has 0 heterocycles. The molecule has 0 rings (SSSR count). The fourth-order valence-electron chi connectivity index (χ4n) is 1.37. The third-order valence-electron chi connectivity index (χ3n) is 2.24. The van der Waals surface area contributed by atoms with Crippen LogP contribution < -0.4 is 11.3 Å². The molecule has 0 aromatic heterocycles. The average molecular weight is 203 g/mol. The van der Waals surface area contributed by atoms with E-state index in [1.54, 1.807) is 7.11 Å². The lowest BCUT2D eigenvalue weighted by molar-refractivity contribution is -0.126. The molecule has 5 nitrogen and oxygen atoms in total. The molecule has 0 aromatic carbocycles. The molecular formula is C9H21N3O2. The Labute approximate surface area is 85.6 Å². The van der Waals surface area contributed by atoms with Gasteiger partial charge in [0, 0.05) is 19.7 Å². The zero-order chi connectivity index (χ0) is 11.1. The largest absolute Gasteiger partial charge is 0.383 e. The first-order valence-corrected chi connectivity index (χ1v) is 4.79. The van der Waals surface area contributed by atoms with Gasteiger partial charge in [-0.1, -0.05) is 0 Å². The third kappa shape index (κ3) is 4.04. The second-order valence-electron chi connectivity index (χ2n) is 3.51. The van der Waals surface area contributed by atoms with Gasteiger partial charge in [0.15, 0.2) is 0 Å². The number of nitrogens with one attached hydrogen (secondary N) is 1. The number of methoxy groups -OCH3 is 1. The number of hydrogen-bond acceptors (Lipinski definition) is 4. The highest BCUT2D eigenvalue weighted by atomic mass is 16.5. The van der Waals surface area contributed by atoms with Gasteiger partial charge in [0.05, 0.1) is 12.6 Å². The Hall–Kier alpha value is -0.650. The fourth-order valence-corrected chi connectivity index (χ4v) is 1.37. The van der Waals surface area contributed by atoms with Crippen LogP contribution in [0.15, 0.2) is 0 Å². The van der Waals surface area contributed by atoms with E-state index in [4.69, 9.17) is 10.6 Å². The topological polar surface area (TPSA) is 67.6 Å². The van der Waals surface area contributed by atoms with Crippen molar-refractivity contribution >= 4 is 5.91 Å². The Morgan fingerprint density at radius 2 is 2.07 bits per heavy atom. The summed E-state index contributed by atoms with van der Waals surface area (Å²) < 4.78 is 4.98. The Bertz CT molecular complexity index is 173. The van der Waals surface area contributed by atoms with E-state index in [0.29, 0.717) is 6.61 Å². The number of nitrogens with zero attached hydrogens (tertiary/aromatic N) is 1. The van der Waals surface area contributed by atoms with E-state index in [2.05, 4.69) is 5.43 Å². The summed E-state index contributed by atoms with van der Waals surface area (Å²) in [6.45, 7) is 7.24. The second kappa shape index (κ2) is 6.75. The van der Waals surface area contributed by atoms with Gasteiger partial charge in [-0.05, 0) is 20.8 Å². The second-order valence-corrected chi connectivity index (χ2v) is 3.51. The Morgan fingerprint density at radius 3 is 2.43 bits per heavy atom. The molecule has 0 spiro atoms. The van der Waals surface area contributed by atoms with Crippen LogP contribution in [0, 0.1) is 0 Å². The SMILES string of the molecule is COCCN(C(C)C)C(C)C(=O)NN. The van der Waals surface area contributed by atoms with E-state index in [-0.39, 0.29) is 18.0 Å². The number of hydrogen-bond donors (Lipinski definition) is 2. The van der Waals surface area contributed by atoms with E-state index in [1.807, 2.05) is 25.7 Å². The summed E-state index contributed by atoms with van der Waals surface area (Å²) in [6, 6.07) is 0.0626. The lowest BCUT2D eigenvalue weighted by atomic mass is 10.2. The Morgan fingerprint density at radius 1 is 1.50 bits per heavy atom. The molecule has 0 fully saturated rings. The molecule has 5 heteroatoms. The van der Waals surface area contributed by atoms with Crippen LogP contribution in [0.25, 0.3) is 0 Å². The smallest absolute Gasteiger partial charge is 0.250 e. The van der Waals surface area contributed by atoms with Crippen molar-refractivity contribution in [3.05, 3.63) is 0 Å². The molecule has 0 saturated carbocycles. The maximum atomic E-state index is 11.3. The predicted molar refractivity (Wildman–Crippen MR) is 55.5 cm³/mol. The van der Waals surface area contributed by atoms with E-state index < -0.39 is 0 Å². The fraction of sp³-hybridized carbons (Fsp3) is 0.889. The zero-order valence-electron chi connectivity index (χ0n) is 9.41. The van der Waals surface area contributed by atoms with Crippen molar-refractivity contribution in [1.82, 2.24) is 10.3 Å². The van der Waals surface area contributed by atoms with Crippen LogP contribution in [0.3, 0.4) is 0 Å². The number of hydrazine groups is 1. The van der Waals surface area contributed by atoms with Gasteiger partial charge in [-0.15, -0.1) is 0 Å². The first-order chi connectivity index (χ1) is 6.54. The number of ether oxygens (including phenoxy) is 1. The van der Waals surface area contributed by atoms with Crippen molar-refractivity contribution in [2.24, 2.45) is 5.84 Å². The predicted octanol–water partition coefficient (Wildman–Crippen LogP) is -0.278. The van der Waals surface area contributed by atoms with Crippen LogP contribution >= 0.6 is 0 Å². The highest BCUT2D eigenvalue weighted by Crippen LogP contribution is 2.04. The van der Waals surface area contributed by atoms with Crippen molar-refractivity contribution in [3.8, 4) is 0 Å². The van der Waals surface area contributed by atoms with Gasteiger partial charge in [-0.2, -0.15) is 0 Å². The number of amides is 1. The van der Waals surface area contributed by atoms with E-state index in [9.17, 15) is 4.79 Å². The molecule has 0 aromatic rings. The van der Waals surface area contributed by atoms with Crippen LogP contribution in [0.2, 0.25) is 0 Å². The molecule has 1 atom stereocenters. The summed E-state index contributed by atoms with van der Waals surface area (Å²) in [5, 5.41) is 0. The minimum absolute atomic E-state index is 0.171. The maximum Gasteiger partial charge on any atom is 0.250 e. The summed E-state index contributed by atoms with van der Waals surface area (Å²) in [6.07, 6.45) is 0. The highest BCUT2D eigenvalue weighted by Gasteiger charge is 2.22. The molecule has 1 unspecified atom stereocenters. The van der Waals surface area contributed by atoms with Gasteiger partial charge in [0.25, 0.3) is 5.91 Å². The van der Waals surface area contributed by atoms with Crippen LogP contribution in [-0.4, -0.2) is 43.2 Å². The Balaban J connectivity index is 4.25. The van der Waals surface area contributed by atoms with Crippen LogP contribution in [0.4, 0.5) is 0 Å². The molecular weight excluding hydrogens is 182 g/mol.